The van der Waals surface area contributed by atoms with Gasteiger partial charge in [0.1, 0.15) is 34.7 Å². The second-order valence-electron chi connectivity index (χ2n) is 13.9. The maximum atomic E-state index is 13.9. The fourth-order valence-electron chi connectivity index (χ4n) is 7.36. The van der Waals surface area contributed by atoms with Gasteiger partial charge in [-0.3, -0.25) is 19.3 Å². The van der Waals surface area contributed by atoms with Crippen LogP contribution >= 0.6 is 0 Å². The molecule has 1 unspecified atom stereocenters. The summed E-state index contributed by atoms with van der Waals surface area (Å²) in [6, 6.07) is 20.2. The van der Waals surface area contributed by atoms with Crippen LogP contribution in [0.4, 0.5) is 5.82 Å². The molecule has 0 aliphatic carbocycles. The van der Waals surface area contributed by atoms with Gasteiger partial charge in [-0.25, -0.2) is 4.98 Å². The highest BCUT2D eigenvalue weighted by Crippen LogP contribution is 2.37. The number of likely N-dealkylation sites (tertiary alicyclic amines) is 1. The largest absolute Gasteiger partial charge is 0.457 e. The van der Waals surface area contributed by atoms with Crippen LogP contribution in [0.3, 0.4) is 0 Å². The number of fused-ring (bicyclic) bond motifs is 1. The standard InChI is InChI=1S/C38H44N8O3/c1-26-20-31(49-30-9-5-4-6-10-30)11-12-32(26)35-34-33(13-14-41-36(34)40)46(42-35)28-8-7-15-44(23-28)37(47)27(22-39)21-38(2,3)45-18-16-43(17-19-45)29-24-48-25-29/h4-6,9-14,20-21,28-29H,7-8,15-19,23-25H2,1-3H3,(H2,40,41). The van der Waals surface area contributed by atoms with E-state index in [1.807, 2.05) is 77.2 Å². The normalized spacial score (nSPS) is 19.8. The molecule has 3 fully saturated rings. The lowest BCUT2D eigenvalue weighted by Gasteiger charge is -2.46. The molecule has 3 aliphatic rings. The highest BCUT2D eigenvalue weighted by molar-refractivity contribution is 6.01. The van der Waals surface area contributed by atoms with Gasteiger partial charge in [0, 0.05) is 56.6 Å². The number of amides is 1. The molecule has 4 aromatic rings. The van der Waals surface area contributed by atoms with Crippen molar-refractivity contribution in [1.82, 2.24) is 29.5 Å². The Morgan fingerprint density at radius 1 is 1.04 bits per heavy atom. The first-order valence-electron chi connectivity index (χ1n) is 17.2. The summed E-state index contributed by atoms with van der Waals surface area (Å²) in [5.74, 6) is 1.68. The number of piperidine rings is 1. The van der Waals surface area contributed by atoms with Crippen LogP contribution in [0, 0.1) is 18.3 Å². The minimum atomic E-state index is -0.435. The number of pyridine rings is 1. The van der Waals surface area contributed by atoms with E-state index in [1.54, 1.807) is 6.20 Å². The maximum absolute atomic E-state index is 13.9. The number of para-hydroxylation sites is 1. The zero-order chi connectivity index (χ0) is 34.1. The Balaban J connectivity index is 1.11. The van der Waals surface area contributed by atoms with Gasteiger partial charge in [-0.2, -0.15) is 10.4 Å². The number of carbonyl (C=O) groups is 1. The molecule has 3 saturated heterocycles. The molecule has 2 N–H and O–H groups in total. The maximum Gasteiger partial charge on any atom is 0.264 e. The summed E-state index contributed by atoms with van der Waals surface area (Å²) in [5, 5.41) is 16.1. The molecule has 0 bridgehead atoms. The summed E-state index contributed by atoms with van der Waals surface area (Å²) >= 11 is 0. The molecule has 1 amide bonds. The molecule has 7 rings (SSSR count). The lowest BCUT2D eigenvalue weighted by molar-refractivity contribution is -0.128. The molecule has 2 aromatic heterocycles. The van der Waals surface area contributed by atoms with Gasteiger partial charge in [0.05, 0.1) is 36.2 Å². The van der Waals surface area contributed by atoms with Crippen molar-refractivity contribution in [2.45, 2.75) is 51.2 Å². The molecular weight excluding hydrogens is 616 g/mol. The quantitative estimate of drug-likeness (QED) is 0.201. The van der Waals surface area contributed by atoms with Crippen LogP contribution in [-0.4, -0.2) is 99.4 Å². The van der Waals surface area contributed by atoms with E-state index >= 15 is 0 Å². The van der Waals surface area contributed by atoms with Crippen LogP contribution < -0.4 is 10.5 Å². The third-order valence-corrected chi connectivity index (χ3v) is 10.2. The zero-order valence-electron chi connectivity index (χ0n) is 28.5. The number of nitrogen functional groups attached to an aromatic ring is 1. The Kier molecular flexibility index (Phi) is 9.11. The number of carbonyl (C=O) groups excluding carboxylic acids is 1. The Morgan fingerprint density at radius 3 is 2.51 bits per heavy atom. The molecule has 11 heteroatoms. The lowest BCUT2D eigenvalue weighted by Crippen LogP contribution is -2.59. The van der Waals surface area contributed by atoms with E-state index in [0.29, 0.717) is 24.9 Å². The van der Waals surface area contributed by atoms with E-state index in [1.165, 1.54) is 0 Å². The van der Waals surface area contributed by atoms with E-state index in [9.17, 15) is 10.1 Å². The number of rotatable bonds is 8. The summed E-state index contributed by atoms with van der Waals surface area (Å²) in [6.45, 7) is 12.6. The number of anilines is 1. The Morgan fingerprint density at radius 2 is 1.82 bits per heavy atom. The zero-order valence-corrected chi connectivity index (χ0v) is 28.5. The van der Waals surface area contributed by atoms with Gasteiger partial charge in [-0.1, -0.05) is 18.2 Å². The Bertz CT molecular complexity index is 1900. The fourth-order valence-corrected chi connectivity index (χ4v) is 7.36. The topological polar surface area (TPSA) is 126 Å². The first kappa shape index (κ1) is 32.8. The minimum Gasteiger partial charge on any atom is -0.457 e. The highest BCUT2D eigenvalue weighted by Gasteiger charge is 2.35. The number of aryl methyl sites for hydroxylation is 1. The summed E-state index contributed by atoms with van der Waals surface area (Å²) in [6.07, 6.45) is 5.21. The number of piperazine rings is 1. The van der Waals surface area contributed by atoms with Crippen LogP contribution in [0.5, 0.6) is 11.5 Å². The Labute approximate surface area is 287 Å². The molecule has 49 heavy (non-hydrogen) atoms. The van der Waals surface area contributed by atoms with Gasteiger partial charge < -0.3 is 20.1 Å². The van der Waals surface area contributed by atoms with Crippen molar-refractivity contribution in [3.05, 3.63) is 78.0 Å². The van der Waals surface area contributed by atoms with E-state index in [-0.39, 0.29) is 17.5 Å². The number of hydrogen-bond acceptors (Lipinski definition) is 9. The average Bonchev–Trinajstić information content (AvgIpc) is 3.48. The summed E-state index contributed by atoms with van der Waals surface area (Å²) in [5.41, 5.74) is 9.80. The number of hydrogen-bond donors (Lipinski definition) is 1. The predicted octanol–water partition coefficient (Wildman–Crippen LogP) is 5.19. The number of nitrogens with zero attached hydrogens (tertiary/aromatic N) is 7. The molecule has 0 radical (unpaired) electrons. The van der Waals surface area contributed by atoms with Crippen LogP contribution in [0.25, 0.3) is 22.2 Å². The monoisotopic (exact) mass is 660 g/mol. The third-order valence-electron chi connectivity index (χ3n) is 10.2. The first-order chi connectivity index (χ1) is 23.7. The molecule has 0 spiro atoms. The van der Waals surface area contributed by atoms with Crippen LogP contribution in [-0.2, 0) is 9.53 Å². The smallest absolute Gasteiger partial charge is 0.264 e. The summed E-state index contributed by atoms with van der Waals surface area (Å²) < 4.78 is 13.5. The molecule has 1 atom stereocenters. The van der Waals surface area contributed by atoms with Crippen LogP contribution in [0.1, 0.15) is 38.3 Å². The second-order valence-corrected chi connectivity index (χ2v) is 13.9. The first-order valence-corrected chi connectivity index (χ1v) is 17.2. The molecular formula is C38H44N8O3. The van der Waals surface area contributed by atoms with E-state index in [0.717, 1.165) is 91.5 Å². The molecule has 254 valence electrons. The van der Waals surface area contributed by atoms with Gasteiger partial charge in [-0.05, 0) is 81.7 Å². The van der Waals surface area contributed by atoms with Gasteiger partial charge in [0.25, 0.3) is 5.91 Å². The van der Waals surface area contributed by atoms with Crippen LogP contribution in [0.2, 0.25) is 0 Å². The molecule has 5 heterocycles. The third kappa shape index (κ3) is 6.64. The number of nitrogens with two attached hydrogens (primary N) is 1. The van der Waals surface area contributed by atoms with Crippen molar-refractivity contribution in [3.8, 4) is 28.8 Å². The fraction of sp³-hybridized carbons (Fsp3) is 0.421. The van der Waals surface area contributed by atoms with E-state index in [4.69, 9.17) is 20.3 Å². The number of nitriles is 1. The average molecular weight is 661 g/mol. The van der Waals surface area contributed by atoms with Crippen molar-refractivity contribution in [2.24, 2.45) is 0 Å². The van der Waals surface area contributed by atoms with Crippen molar-refractivity contribution in [2.75, 3.05) is 58.2 Å². The van der Waals surface area contributed by atoms with Gasteiger partial charge >= 0.3 is 0 Å². The molecule has 3 aliphatic heterocycles. The molecule has 0 saturated carbocycles. The second kappa shape index (κ2) is 13.6. The lowest BCUT2D eigenvalue weighted by atomic mass is 9.96. The number of ether oxygens (including phenoxy) is 2. The molecule has 11 nitrogen and oxygen atoms in total. The summed E-state index contributed by atoms with van der Waals surface area (Å²) in [7, 11) is 0. The van der Waals surface area contributed by atoms with Gasteiger partial charge in [-0.15, -0.1) is 0 Å². The summed E-state index contributed by atoms with van der Waals surface area (Å²) in [4.78, 5) is 25.0. The van der Waals surface area contributed by atoms with E-state index in [2.05, 4.69) is 34.7 Å². The predicted molar refractivity (Wildman–Crippen MR) is 189 cm³/mol. The Hall–Kier alpha value is -4.76. The van der Waals surface area contributed by atoms with Gasteiger partial charge in [0.2, 0.25) is 0 Å². The van der Waals surface area contributed by atoms with Crippen molar-refractivity contribution >= 4 is 22.6 Å². The van der Waals surface area contributed by atoms with E-state index < -0.39 is 5.54 Å². The minimum absolute atomic E-state index is 0.0896. The van der Waals surface area contributed by atoms with Gasteiger partial charge in [0.15, 0.2) is 0 Å². The SMILES string of the molecule is Cc1cc(Oc2ccccc2)ccc1-c1nn(C2CCCN(C(=O)C(C#N)=CC(C)(C)N3CCN(C4COC4)CC3)C2)c2ccnc(N)c12. The number of aromatic nitrogens is 3. The van der Waals surface area contributed by atoms with Crippen LogP contribution in [0.15, 0.2) is 72.4 Å². The molecule has 2 aromatic carbocycles. The number of benzene rings is 2. The van der Waals surface area contributed by atoms with Crippen molar-refractivity contribution in [3.63, 3.8) is 0 Å². The van der Waals surface area contributed by atoms with Crippen molar-refractivity contribution < 1.29 is 14.3 Å². The van der Waals surface area contributed by atoms with Crippen molar-refractivity contribution in [1.29, 1.82) is 5.26 Å². The highest BCUT2D eigenvalue weighted by atomic mass is 16.5.